The SMILES string of the molecule is COC(=O)c1cc(Cl)ccc1NC(=O)/C=C/c1cccc(-c2cccnc2)c1. The highest BCUT2D eigenvalue weighted by Crippen LogP contribution is 2.22. The maximum atomic E-state index is 12.3. The second kappa shape index (κ2) is 8.97. The van der Waals surface area contributed by atoms with Crippen LogP contribution in [0.3, 0.4) is 0 Å². The van der Waals surface area contributed by atoms with Gasteiger partial charge in [0.15, 0.2) is 0 Å². The van der Waals surface area contributed by atoms with E-state index in [9.17, 15) is 9.59 Å². The van der Waals surface area contributed by atoms with E-state index in [2.05, 4.69) is 10.3 Å². The van der Waals surface area contributed by atoms with Crippen LogP contribution in [-0.4, -0.2) is 24.0 Å². The fourth-order valence-corrected chi connectivity index (χ4v) is 2.78. The average molecular weight is 393 g/mol. The lowest BCUT2D eigenvalue weighted by Crippen LogP contribution is -2.13. The summed E-state index contributed by atoms with van der Waals surface area (Å²) in [6, 6.07) is 16.2. The summed E-state index contributed by atoms with van der Waals surface area (Å²) in [4.78, 5) is 28.3. The summed E-state index contributed by atoms with van der Waals surface area (Å²) in [6.07, 6.45) is 6.60. The molecule has 3 aromatic rings. The lowest BCUT2D eigenvalue weighted by atomic mass is 10.0. The van der Waals surface area contributed by atoms with Crippen molar-refractivity contribution in [1.82, 2.24) is 4.98 Å². The number of methoxy groups -OCH3 is 1. The van der Waals surface area contributed by atoms with Gasteiger partial charge in [-0.2, -0.15) is 0 Å². The summed E-state index contributed by atoms with van der Waals surface area (Å²) >= 11 is 5.92. The van der Waals surface area contributed by atoms with Crippen LogP contribution < -0.4 is 5.32 Å². The summed E-state index contributed by atoms with van der Waals surface area (Å²) in [5.74, 6) is -0.954. The standard InChI is InChI=1S/C22H17ClN2O3/c1-28-22(27)19-13-18(23)8-9-20(19)25-21(26)10-7-15-4-2-5-16(12-15)17-6-3-11-24-14-17/h2-14H,1H3,(H,25,26)/b10-7+. The number of hydrogen-bond acceptors (Lipinski definition) is 4. The number of aromatic nitrogens is 1. The molecule has 0 unspecified atom stereocenters. The Hall–Kier alpha value is -3.44. The summed E-state index contributed by atoms with van der Waals surface area (Å²) in [6.45, 7) is 0. The average Bonchev–Trinajstić information content (AvgIpc) is 2.74. The minimum Gasteiger partial charge on any atom is -0.465 e. The molecule has 5 nitrogen and oxygen atoms in total. The van der Waals surface area contributed by atoms with Crippen molar-refractivity contribution in [3.8, 4) is 11.1 Å². The number of carbonyl (C=O) groups is 2. The van der Waals surface area contributed by atoms with Gasteiger partial charge in [0.05, 0.1) is 18.4 Å². The molecule has 140 valence electrons. The topological polar surface area (TPSA) is 68.3 Å². The molecule has 0 aliphatic rings. The number of halogens is 1. The van der Waals surface area contributed by atoms with Crippen LogP contribution in [0.15, 0.2) is 73.1 Å². The van der Waals surface area contributed by atoms with Gasteiger partial charge in [0.1, 0.15) is 0 Å². The maximum absolute atomic E-state index is 12.3. The quantitative estimate of drug-likeness (QED) is 0.498. The number of anilines is 1. The Kier molecular flexibility index (Phi) is 6.19. The van der Waals surface area contributed by atoms with Gasteiger partial charge in [0.25, 0.3) is 0 Å². The highest BCUT2D eigenvalue weighted by molar-refractivity contribution is 6.31. The van der Waals surface area contributed by atoms with Crippen LogP contribution in [0.2, 0.25) is 5.02 Å². The molecule has 0 fully saturated rings. The van der Waals surface area contributed by atoms with Crippen LogP contribution in [0.4, 0.5) is 5.69 Å². The second-order valence-electron chi connectivity index (χ2n) is 5.87. The maximum Gasteiger partial charge on any atom is 0.340 e. The summed E-state index contributed by atoms with van der Waals surface area (Å²) in [7, 11) is 1.27. The molecule has 0 spiro atoms. The molecule has 0 atom stereocenters. The van der Waals surface area contributed by atoms with E-state index in [4.69, 9.17) is 16.3 Å². The fraction of sp³-hybridized carbons (Fsp3) is 0.0455. The van der Waals surface area contributed by atoms with Crippen molar-refractivity contribution in [1.29, 1.82) is 0 Å². The van der Waals surface area contributed by atoms with E-state index in [1.165, 1.54) is 19.3 Å². The van der Waals surface area contributed by atoms with Crippen molar-refractivity contribution in [2.75, 3.05) is 12.4 Å². The number of esters is 1. The summed E-state index contributed by atoms with van der Waals surface area (Å²) in [5.41, 5.74) is 3.37. The number of hydrogen-bond donors (Lipinski definition) is 1. The molecule has 0 radical (unpaired) electrons. The molecule has 0 saturated carbocycles. The van der Waals surface area contributed by atoms with Gasteiger partial charge in [0.2, 0.25) is 5.91 Å². The third-order valence-electron chi connectivity index (χ3n) is 3.95. The van der Waals surface area contributed by atoms with Crippen LogP contribution in [0, 0.1) is 0 Å². The van der Waals surface area contributed by atoms with Gasteiger partial charge in [-0.3, -0.25) is 9.78 Å². The molecule has 2 aromatic carbocycles. The molecule has 1 N–H and O–H groups in total. The monoisotopic (exact) mass is 392 g/mol. The lowest BCUT2D eigenvalue weighted by Gasteiger charge is -2.08. The first-order chi connectivity index (χ1) is 13.6. The second-order valence-corrected chi connectivity index (χ2v) is 6.31. The lowest BCUT2D eigenvalue weighted by molar-refractivity contribution is -0.111. The number of amides is 1. The van der Waals surface area contributed by atoms with Crippen LogP contribution in [0.25, 0.3) is 17.2 Å². The highest BCUT2D eigenvalue weighted by atomic mass is 35.5. The Balaban J connectivity index is 1.76. The first-order valence-corrected chi connectivity index (χ1v) is 8.82. The Labute approximate surface area is 167 Å². The highest BCUT2D eigenvalue weighted by Gasteiger charge is 2.13. The minimum atomic E-state index is -0.578. The molecular weight excluding hydrogens is 376 g/mol. The van der Waals surface area contributed by atoms with Crippen LogP contribution in [-0.2, 0) is 9.53 Å². The van der Waals surface area contributed by atoms with Gasteiger partial charge in [-0.25, -0.2) is 4.79 Å². The number of nitrogens with zero attached hydrogens (tertiary/aromatic N) is 1. The molecule has 1 aromatic heterocycles. The number of ether oxygens (including phenoxy) is 1. The van der Waals surface area contributed by atoms with Gasteiger partial charge in [-0.15, -0.1) is 0 Å². The molecule has 0 aliphatic heterocycles. The van der Waals surface area contributed by atoms with E-state index in [0.717, 1.165) is 16.7 Å². The zero-order chi connectivity index (χ0) is 19.9. The van der Waals surface area contributed by atoms with Crippen LogP contribution in [0.1, 0.15) is 15.9 Å². The molecule has 0 saturated heterocycles. The number of nitrogens with one attached hydrogen (secondary N) is 1. The largest absolute Gasteiger partial charge is 0.465 e. The third-order valence-corrected chi connectivity index (χ3v) is 4.19. The van der Waals surface area contributed by atoms with Crippen molar-refractivity contribution < 1.29 is 14.3 Å². The van der Waals surface area contributed by atoms with Gasteiger partial charge in [0, 0.05) is 29.1 Å². The molecule has 3 rings (SSSR count). The molecule has 6 heteroatoms. The van der Waals surface area contributed by atoms with Crippen molar-refractivity contribution in [2.45, 2.75) is 0 Å². The zero-order valence-electron chi connectivity index (χ0n) is 15.1. The van der Waals surface area contributed by atoms with Crippen molar-refractivity contribution >= 4 is 35.2 Å². The molecule has 1 amide bonds. The number of carbonyl (C=O) groups excluding carboxylic acids is 2. The molecule has 28 heavy (non-hydrogen) atoms. The number of rotatable bonds is 5. The van der Waals surface area contributed by atoms with E-state index in [0.29, 0.717) is 10.7 Å². The van der Waals surface area contributed by atoms with E-state index >= 15 is 0 Å². The van der Waals surface area contributed by atoms with Crippen LogP contribution >= 0.6 is 11.6 Å². The minimum absolute atomic E-state index is 0.190. The predicted octanol–water partition coefficient (Wildman–Crippen LogP) is 4.84. The van der Waals surface area contributed by atoms with E-state index < -0.39 is 5.97 Å². The zero-order valence-corrected chi connectivity index (χ0v) is 15.8. The van der Waals surface area contributed by atoms with Gasteiger partial charge < -0.3 is 10.1 Å². The van der Waals surface area contributed by atoms with E-state index in [1.807, 2.05) is 36.4 Å². The Bertz CT molecular complexity index is 1030. The first kappa shape index (κ1) is 19.3. The van der Waals surface area contributed by atoms with Gasteiger partial charge in [-0.1, -0.05) is 35.9 Å². The smallest absolute Gasteiger partial charge is 0.340 e. The van der Waals surface area contributed by atoms with E-state index in [1.54, 1.807) is 30.6 Å². The Morgan fingerprint density at radius 1 is 1.07 bits per heavy atom. The van der Waals surface area contributed by atoms with Crippen molar-refractivity contribution in [3.63, 3.8) is 0 Å². The molecular formula is C22H17ClN2O3. The normalized spacial score (nSPS) is 10.6. The third kappa shape index (κ3) is 4.84. The Morgan fingerprint density at radius 2 is 1.89 bits per heavy atom. The molecule has 1 heterocycles. The summed E-state index contributed by atoms with van der Waals surface area (Å²) < 4.78 is 4.73. The van der Waals surface area contributed by atoms with Gasteiger partial charge in [-0.05, 0) is 47.5 Å². The van der Waals surface area contributed by atoms with Gasteiger partial charge >= 0.3 is 5.97 Å². The molecule has 0 bridgehead atoms. The molecule has 0 aliphatic carbocycles. The van der Waals surface area contributed by atoms with E-state index in [-0.39, 0.29) is 11.5 Å². The van der Waals surface area contributed by atoms with Crippen molar-refractivity contribution in [3.05, 3.63) is 89.2 Å². The number of benzene rings is 2. The fourth-order valence-electron chi connectivity index (χ4n) is 2.61. The Morgan fingerprint density at radius 3 is 2.64 bits per heavy atom. The predicted molar refractivity (Wildman–Crippen MR) is 110 cm³/mol. The van der Waals surface area contributed by atoms with Crippen molar-refractivity contribution in [2.24, 2.45) is 0 Å². The summed E-state index contributed by atoms with van der Waals surface area (Å²) in [5, 5.41) is 3.05. The number of pyridine rings is 1. The first-order valence-electron chi connectivity index (χ1n) is 8.44. The van der Waals surface area contributed by atoms with Crippen LogP contribution in [0.5, 0.6) is 0 Å².